The van der Waals surface area contributed by atoms with Crippen LogP contribution in [0.2, 0.25) is 0 Å². The number of aromatic nitrogens is 1. The minimum atomic E-state index is -0.743. The van der Waals surface area contributed by atoms with E-state index in [9.17, 15) is 5.11 Å². The van der Waals surface area contributed by atoms with Gasteiger partial charge in [-0.1, -0.05) is 0 Å². The van der Waals surface area contributed by atoms with Gasteiger partial charge in [-0.15, -0.1) is 0 Å². The Hall–Kier alpha value is -0.380. The lowest BCUT2D eigenvalue weighted by Gasteiger charge is -2.11. The maximum absolute atomic E-state index is 9.78. The molecule has 0 aliphatic heterocycles. The molecule has 2 aromatic carbocycles. The van der Waals surface area contributed by atoms with Crippen LogP contribution in [0.25, 0.3) is 21.8 Å². The minimum absolute atomic E-state index is 0.226. The molecule has 0 amide bonds. The number of aliphatic hydroxyl groups excluding tert-OH is 2. The van der Waals surface area contributed by atoms with Crippen molar-refractivity contribution in [3.63, 3.8) is 0 Å². The second-order valence-corrected chi connectivity index (χ2v) is 7.26. The van der Waals surface area contributed by atoms with Crippen LogP contribution in [0.3, 0.4) is 0 Å². The summed E-state index contributed by atoms with van der Waals surface area (Å²) in [5.41, 5.74) is 2.19. The largest absolute Gasteiger partial charge is 0.394 e. The molecule has 1 unspecified atom stereocenters. The van der Waals surface area contributed by atoms with Gasteiger partial charge in [0.2, 0.25) is 0 Å². The van der Waals surface area contributed by atoms with Gasteiger partial charge in [0.1, 0.15) is 0 Å². The predicted molar refractivity (Wildman–Crippen MR) is 98.0 cm³/mol. The van der Waals surface area contributed by atoms with Gasteiger partial charge < -0.3 is 14.8 Å². The van der Waals surface area contributed by atoms with Crippen LogP contribution in [0.1, 0.15) is 0 Å². The van der Waals surface area contributed by atoms with E-state index < -0.39 is 6.10 Å². The number of benzene rings is 2. The predicted octanol–water partition coefficient (Wildman–Crippen LogP) is 3.36. The Balaban J connectivity index is 2.34. The van der Waals surface area contributed by atoms with Crippen LogP contribution >= 0.6 is 45.2 Å². The van der Waals surface area contributed by atoms with Crippen molar-refractivity contribution in [1.82, 2.24) is 4.57 Å². The van der Waals surface area contributed by atoms with E-state index in [0.717, 1.165) is 11.0 Å². The average Bonchev–Trinajstić information content (AvgIpc) is 2.72. The van der Waals surface area contributed by atoms with Gasteiger partial charge in [0.05, 0.1) is 19.3 Å². The summed E-state index contributed by atoms with van der Waals surface area (Å²) in [6, 6.07) is 12.6. The highest BCUT2D eigenvalue weighted by molar-refractivity contribution is 14.1. The van der Waals surface area contributed by atoms with Crippen molar-refractivity contribution in [3.05, 3.63) is 43.5 Å². The van der Waals surface area contributed by atoms with Crippen molar-refractivity contribution < 1.29 is 10.2 Å². The third kappa shape index (κ3) is 2.56. The molecule has 0 spiro atoms. The lowest BCUT2D eigenvalue weighted by molar-refractivity contribution is 0.0831. The van der Waals surface area contributed by atoms with Crippen molar-refractivity contribution in [2.75, 3.05) is 6.61 Å². The highest BCUT2D eigenvalue weighted by atomic mass is 127. The summed E-state index contributed by atoms with van der Waals surface area (Å²) in [7, 11) is 0. The first kappa shape index (κ1) is 14.6. The van der Waals surface area contributed by atoms with Crippen LogP contribution in [0.15, 0.2) is 36.4 Å². The van der Waals surface area contributed by atoms with E-state index >= 15 is 0 Å². The van der Waals surface area contributed by atoms with Gasteiger partial charge >= 0.3 is 0 Å². The highest BCUT2D eigenvalue weighted by Crippen LogP contribution is 2.31. The van der Waals surface area contributed by atoms with Crippen molar-refractivity contribution in [2.24, 2.45) is 0 Å². The van der Waals surface area contributed by atoms with Gasteiger partial charge in [-0.05, 0) is 81.6 Å². The van der Waals surface area contributed by atoms with Gasteiger partial charge in [0, 0.05) is 28.9 Å². The molecule has 3 rings (SSSR count). The summed E-state index contributed by atoms with van der Waals surface area (Å²) >= 11 is 4.62. The third-order valence-corrected chi connectivity index (χ3v) is 4.74. The molecule has 0 saturated heterocycles. The lowest BCUT2D eigenvalue weighted by atomic mass is 10.2. The Morgan fingerprint density at radius 1 is 0.950 bits per heavy atom. The highest BCUT2D eigenvalue weighted by Gasteiger charge is 2.13. The van der Waals surface area contributed by atoms with Crippen LogP contribution in [0.5, 0.6) is 0 Å². The number of hydrogen-bond donors (Lipinski definition) is 2. The normalized spacial score (nSPS) is 13.2. The molecular formula is C15H13I2NO2. The SMILES string of the molecule is OCC(O)Cn1c2ccc(I)cc2c2cc(I)ccc21. The van der Waals surface area contributed by atoms with Crippen molar-refractivity contribution >= 4 is 67.0 Å². The molecule has 20 heavy (non-hydrogen) atoms. The van der Waals surface area contributed by atoms with Gasteiger partial charge in [0.25, 0.3) is 0 Å². The first-order valence-corrected chi connectivity index (χ1v) is 8.42. The second kappa shape index (κ2) is 5.78. The van der Waals surface area contributed by atoms with E-state index in [0.29, 0.717) is 6.54 Å². The molecule has 0 aliphatic carbocycles. The smallest absolute Gasteiger partial charge is 0.0949 e. The zero-order valence-corrected chi connectivity index (χ0v) is 14.9. The first-order chi connectivity index (χ1) is 9.60. The van der Waals surface area contributed by atoms with Crippen molar-refractivity contribution in [1.29, 1.82) is 0 Å². The van der Waals surface area contributed by atoms with E-state index in [1.807, 2.05) is 0 Å². The minimum Gasteiger partial charge on any atom is -0.394 e. The molecule has 104 valence electrons. The maximum atomic E-state index is 9.78. The first-order valence-electron chi connectivity index (χ1n) is 6.26. The van der Waals surface area contributed by atoms with Crippen LogP contribution in [0, 0.1) is 7.14 Å². The molecule has 3 aromatic rings. The van der Waals surface area contributed by atoms with E-state index in [1.54, 1.807) is 0 Å². The fourth-order valence-electron chi connectivity index (χ4n) is 2.51. The molecule has 2 N–H and O–H groups in total. The summed E-state index contributed by atoms with van der Waals surface area (Å²) in [5, 5.41) is 21.3. The monoisotopic (exact) mass is 493 g/mol. The van der Waals surface area contributed by atoms with Crippen LogP contribution in [-0.2, 0) is 6.54 Å². The summed E-state index contributed by atoms with van der Waals surface area (Å²) in [4.78, 5) is 0. The summed E-state index contributed by atoms with van der Waals surface area (Å²) in [5.74, 6) is 0. The van der Waals surface area contributed by atoms with Crippen LogP contribution in [0.4, 0.5) is 0 Å². The molecule has 0 bridgehead atoms. The summed E-state index contributed by atoms with van der Waals surface area (Å²) in [6.45, 7) is 0.174. The van der Waals surface area contributed by atoms with Gasteiger partial charge in [-0.2, -0.15) is 0 Å². The Bertz CT molecular complexity index is 723. The number of fused-ring (bicyclic) bond motifs is 3. The number of halogens is 2. The Kier molecular flexibility index (Phi) is 4.21. The molecule has 5 heteroatoms. The molecule has 1 heterocycles. The summed E-state index contributed by atoms with van der Waals surface area (Å²) < 4.78 is 4.46. The fraction of sp³-hybridized carbons (Fsp3) is 0.200. The van der Waals surface area contributed by atoms with Gasteiger partial charge in [0.15, 0.2) is 0 Å². The van der Waals surface area contributed by atoms with Crippen molar-refractivity contribution in [3.8, 4) is 0 Å². The maximum Gasteiger partial charge on any atom is 0.0949 e. The molecule has 0 saturated carbocycles. The molecule has 0 aliphatic rings. The number of nitrogens with zero attached hydrogens (tertiary/aromatic N) is 1. The van der Waals surface area contributed by atoms with Gasteiger partial charge in [-0.3, -0.25) is 0 Å². The molecule has 3 nitrogen and oxygen atoms in total. The lowest BCUT2D eigenvalue weighted by Crippen LogP contribution is -2.19. The Morgan fingerprint density at radius 2 is 1.45 bits per heavy atom. The van der Waals surface area contributed by atoms with Crippen LogP contribution < -0.4 is 0 Å². The number of rotatable bonds is 3. The fourth-order valence-corrected chi connectivity index (χ4v) is 3.50. The molecule has 1 atom stereocenters. The topological polar surface area (TPSA) is 45.4 Å². The van der Waals surface area contributed by atoms with E-state index in [2.05, 4.69) is 86.1 Å². The molecule has 0 radical (unpaired) electrons. The van der Waals surface area contributed by atoms with Gasteiger partial charge in [-0.25, -0.2) is 0 Å². The third-order valence-electron chi connectivity index (χ3n) is 3.39. The van der Waals surface area contributed by atoms with E-state index in [4.69, 9.17) is 5.11 Å². The molecule has 1 aromatic heterocycles. The average molecular weight is 493 g/mol. The Labute approximate surface area is 143 Å². The zero-order chi connectivity index (χ0) is 14.3. The molecule has 0 fully saturated rings. The summed E-state index contributed by atoms with van der Waals surface area (Å²) in [6.07, 6.45) is -0.743. The van der Waals surface area contributed by atoms with E-state index in [-0.39, 0.29) is 6.61 Å². The standard InChI is InChI=1S/C15H13I2NO2/c16-9-1-3-14-12(5-9)13-6-10(17)2-4-15(13)18(14)7-11(20)8-19/h1-6,11,19-20H,7-8H2. The molecular weight excluding hydrogens is 480 g/mol. The Morgan fingerprint density at radius 3 is 1.90 bits per heavy atom. The van der Waals surface area contributed by atoms with Crippen molar-refractivity contribution in [2.45, 2.75) is 12.6 Å². The quantitative estimate of drug-likeness (QED) is 0.551. The second-order valence-electron chi connectivity index (χ2n) is 4.77. The zero-order valence-electron chi connectivity index (χ0n) is 10.6. The number of hydrogen-bond acceptors (Lipinski definition) is 2. The van der Waals surface area contributed by atoms with Crippen LogP contribution in [-0.4, -0.2) is 27.5 Å². The van der Waals surface area contributed by atoms with E-state index in [1.165, 1.54) is 17.9 Å². The number of aliphatic hydroxyl groups is 2.